The Morgan fingerprint density at radius 3 is 2.36 bits per heavy atom. The lowest BCUT2D eigenvalue weighted by Crippen LogP contribution is -2.48. The maximum Gasteiger partial charge on any atom is 0.225 e. The van der Waals surface area contributed by atoms with Gasteiger partial charge in [-0.15, -0.1) is 12.4 Å². The van der Waals surface area contributed by atoms with Gasteiger partial charge in [-0.1, -0.05) is 30.3 Å². The molecule has 3 atom stereocenters. The number of rotatable bonds is 4. The molecule has 1 saturated heterocycles. The van der Waals surface area contributed by atoms with E-state index in [0.717, 1.165) is 12.0 Å². The molecule has 1 aliphatic heterocycles. The molecule has 1 aromatic carbocycles. The molecule has 0 radical (unpaired) electrons. The van der Waals surface area contributed by atoms with E-state index in [4.69, 9.17) is 5.73 Å². The third-order valence-corrected chi connectivity index (χ3v) is 6.01. The maximum absolute atomic E-state index is 12.7. The Balaban J connectivity index is 0.00000280. The Labute approximate surface area is 173 Å². The molecule has 0 unspecified atom stereocenters. The Morgan fingerprint density at radius 1 is 1.11 bits per heavy atom. The van der Waals surface area contributed by atoms with Crippen molar-refractivity contribution in [3.8, 4) is 0 Å². The fraction of sp³-hybridized carbons (Fsp3) is 0.619. The molecule has 6 nitrogen and oxygen atoms in total. The van der Waals surface area contributed by atoms with Gasteiger partial charge in [-0.3, -0.25) is 9.59 Å². The van der Waals surface area contributed by atoms with Crippen LogP contribution in [0.2, 0.25) is 0 Å². The van der Waals surface area contributed by atoms with Crippen LogP contribution in [0, 0.1) is 11.8 Å². The lowest BCUT2D eigenvalue weighted by molar-refractivity contribution is -0.143. The third kappa shape index (κ3) is 5.46. The molecule has 0 spiro atoms. The van der Waals surface area contributed by atoms with Crippen LogP contribution in [0.5, 0.6) is 0 Å². The largest absolute Gasteiger partial charge is 0.391 e. The molecule has 2 aliphatic rings. The van der Waals surface area contributed by atoms with Gasteiger partial charge in [0.1, 0.15) is 0 Å². The Kier molecular flexibility index (Phi) is 8.28. The molecule has 28 heavy (non-hydrogen) atoms. The lowest BCUT2D eigenvalue weighted by Gasteiger charge is -2.37. The monoisotopic (exact) mass is 409 g/mol. The van der Waals surface area contributed by atoms with Gasteiger partial charge in [-0.05, 0) is 37.7 Å². The zero-order valence-electron chi connectivity index (χ0n) is 16.5. The Morgan fingerprint density at radius 2 is 1.75 bits per heavy atom. The Bertz CT molecular complexity index is 650. The fourth-order valence-electron chi connectivity index (χ4n) is 4.25. The van der Waals surface area contributed by atoms with E-state index in [0.29, 0.717) is 45.3 Å². The smallest absolute Gasteiger partial charge is 0.225 e. The molecule has 2 fully saturated rings. The minimum atomic E-state index is -0.585. The number of piperidine rings is 1. The molecule has 1 saturated carbocycles. The fourth-order valence-corrected chi connectivity index (χ4v) is 4.25. The molecule has 1 heterocycles. The zero-order chi connectivity index (χ0) is 19.4. The molecule has 7 heteroatoms. The summed E-state index contributed by atoms with van der Waals surface area (Å²) < 4.78 is 0. The van der Waals surface area contributed by atoms with Crippen LogP contribution in [-0.4, -0.2) is 59.0 Å². The zero-order valence-corrected chi connectivity index (χ0v) is 17.3. The van der Waals surface area contributed by atoms with E-state index in [1.165, 1.54) is 0 Å². The number of carbonyl (C=O) groups is 2. The van der Waals surface area contributed by atoms with Crippen LogP contribution < -0.4 is 5.73 Å². The van der Waals surface area contributed by atoms with Gasteiger partial charge in [0.05, 0.1) is 6.10 Å². The number of benzene rings is 1. The van der Waals surface area contributed by atoms with Crippen molar-refractivity contribution in [1.82, 2.24) is 9.80 Å². The number of hydrogen-bond acceptors (Lipinski definition) is 4. The molecular formula is C21H32ClN3O3. The number of likely N-dealkylation sites (tertiary alicyclic amines) is 1. The number of nitrogens with zero attached hydrogens (tertiary/aromatic N) is 2. The number of halogens is 1. The molecular weight excluding hydrogens is 378 g/mol. The summed E-state index contributed by atoms with van der Waals surface area (Å²) in [5.41, 5.74) is 6.96. The Hall–Kier alpha value is -1.63. The number of amides is 2. The topological polar surface area (TPSA) is 86.9 Å². The van der Waals surface area contributed by atoms with E-state index in [-0.39, 0.29) is 42.1 Å². The molecule has 156 valence electrons. The van der Waals surface area contributed by atoms with E-state index in [9.17, 15) is 14.7 Å². The molecule has 0 bridgehead atoms. The number of aliphatic hydroxyl groups excluding tert-OH is 1. The summed E-state index contributed by atoms with van der Waals surface area (Å²) in [6.45, 7) is 1.85. The van der Waals surface area contributed by atoms with Gasteiger partial charge in [-0.2, -0.15) is 0 Å². The van der Waals surface area contributed by atoms with Crippen LogP contribution in [-0.2, 0) is 16.1 Å². The van der Waals surface area contributed by atoms with Crippen LogP contribution in [0.1, 0.15) is 37.7 Å². The molecule has 0 aromatic heterocycles. The van der Waals surface area contributed by atoms with Crippen molar-refractivity contribution < 1.29 is 14.7 Å². The van der Waals surface area contributed by atoms with Crippen molar-refractivity contribution in [3.05, 3.63) is 35.9 Å². The second kappa shape index (κ2) is 10.2. The van der Waals surface area contributed by atoms with E-state index in [2.05, 4.69) is 0 Å². The van der Waals surface area contributed by atoms with Crippen LogP contribution in [0.15, 0.2) is 30.3 Å². The van der Waals surface area contributed by atoms with Crippen LogP contribution in [0.4, 0.5) is 0 Å². The summed E-state index contributed by atoms with van der Waals surface area (Å²) in [5.74, 6) is 0.121. The lowest BCUT2D eigenvalue weighted by atomic mass is 9.83. The standard InChI is InChI=1S/C21H31N3O3.ClH/c1-23(14-15-5-3-2-4-6-15)20(26)16-9-11-24(12-10-16)21(27)17-7-8-18(22)19(25)13-17;/h2-6,16-19,25H,7-14,22H2,1H3;1H/t17-,18+,19+;/m0./s1. The van der Waals surface area contributed by atoms with Crippen LogP contribution in [0.3, 0.4) is 0 Å². The number of carbonyl (C=O) groups excluding carboxylic acids is 2. The van der Waals surface area contributed by atoms with Crippen LogP contribution in [0.25, 0.3) is 0 Å². The van der Waals surface area contributed by atoms with Crippen LogP contribution >= 0.6 is 12.4 Å². The molecule has 1 aromatic rings. The van der Waals surface area contributed by atoms with E-state index in [1.54, 1.807) is 4.90 Å². The van der Waals surface area contributed by atoms with Crippen molar-refractivity contribution in [3.63, 3.8) is 0 Å². The van der Waals surface area contributed by atoms with Gasteiger partial charge in [-0.25, -0.2) is 0 Å². The summed E-state index contributed by atoms with van der Waals surface area (Å²) in [5, 5.41) is 9.95. The summed E-state index contributed by atoms with van der Waals surface area (Å²) >= 11 is 0. The first-order valence-electron chi connectivity index (χ1n) is 9.97. The number of aliphatic hydroxyl groups is 1. The van der Waals surface area contributed by atoms with Crippen molar-refractivity contribution in [2.45, 2.75) is 50.8 Å². The molecule has 3 N–H and O–H groups in total. The maximum atomic E-state index is 12.7. The normalized spacial score (nSPS) is 25.7. The predicted octanol–water partition coefficient (Wildman–Crippen LogP) is 1.79. The summed E-state index contributed by atoms with van der Waals surface area (Å²) in [6, 6.07) is 9.76. The molecule has 2 amide bonds. The average molecular weight is 410 g/mol. The second-order valence-electron chi connectivity index (χ2n) is 8.02. The van der Waals surface area contributed by atoms with E-state index >= 15 is 0 Å². The van der Waals surface area contributed by atoms with Gasteiger partial charge in [0.15, 0.2) is 0 Å². The second-order valence-corrected chi connectivity index (χ2v) is 8.02. The summed E-state index contributed by atoms with van der Waals surface area (Å²) in [7, 11) is 1.85. The number of nitrogens with two attached hydrogens (primary N) is 1. The molecule has 3 rings (SSSR count). The quantitative estimate of drug-likeness (QED) is 0.793. The van der Waals surface area contributed by atoms with Crippen molar-refractivity contribution in [1.29, 1.82) is 0 Å². The third-order valence-electron chi connectivity index (χ3n) is 6.01. The van der Waals surface area contributed by atoms with Crippen molar-refractivity contribution in [2.75, 3.05) is 20.1 Å². The van der Waals surface area contributed by atoms with Gasteiger partial charge in [0.2, 0.25) is 11.8 Å². The average Bonchev–Trinajstić information content (AvgIpc) is 2.70. The van der Waals surface area contributed by atoms with Gasteiger partial charge < -0.3 is 20.6 Å². The summed E-state index contributed by atoms with van der Waals surface area (Å²) in [6.07, 6.45) is 2.72. The van der Waals surface area contributed by atoms with Gasteiger partial charge >= 0.3 is 0 Å². The SMILES string of the molecule is CN(Cc1ccccc1)C(=O)C1CCN(C(=O)[C@H]2CC[C@@H](N)[C@H](O)C2)CC1.Cl. The number of hydrogen-bond donors (Lipinski definition) is 2. The minimum Gasteiger partial charge on any atom is -0.391 e. The van der Waals surface area contributed by atoms with E-state index in [1.807, 2.05) is 42.3 Å². The first kappa shape index (κ1) is 22.7. The van der Waals surface area contributed by atoms with Crippen molar-refractivity contribution in [2.24, 2.45) is 17.6 Å². The van der Waals surface area contributed by atoms with Crippen molar-refractivity contribution >= 4 is 24.2 Å². The summed E-state index contributed by atoms with van der Waals surface area (Å²) in [4.78, 5) is 29.1. The first-order chi connectivity index (χ1) is 13.0. The van der Waals surface area contributed by atoms with E-state index < -0.39 is 6.10 Å². The predicted molar refractivity (Wildman–Crippen MR) is 111 cm³/mol. The van der Waals surface area contributed by atoms with Gasteiger partial charge in [0.25, 0.3) is 0 Å². The highest BCUT2D eigenvalue weighted by Gasteiger charge is 2.35. The first-order valence-corrected chi connectivity index (χ1v) is 9.97. The molecule has 1 aliphatic carbocycles. The minimum absolute atomic E-state index is 0. The highest BCUT2D eigenvalue weighted by molar-refractivity contribution is 5.85. The van der Waals surface area contributed by atoms with Gasteiger partial charge in [0, 0.05) is 44.6 Å². The highest BCUT2D eigenvalue weighted by atomic mass is 35.5. The highest BCUT2D eigenvalue weighted by Crippen LogP contribution is 2.28.